The Balaban J connectivity index is 1.63. The van der Waals surface area contributed by atoms with E-state index in [4.69, 9.17) is 0 Å². The van der Waals surface area contributed by atoms with Gasteiger partial charge in [0.25, 0.3) is 0 Å². The van der Waals surface area contributed by atoms with Gasteiger partial charge in [-0.25, -0.2) is 4.98 Å². The molecule has 1 aliphatic carbocycles. The van der Waals surface area contributed by atoms with Crippen LogP contribution in [0.25, 0.3) is 0 Å². The molecule has 2 aromatic heterocycles. The van der Waals surface area contributed by atoms with Gasteiger partial charge >= 0.3 is 0 Å². The molecular weight excluding hydrogens is 268 g/mol. The summed E-state index contributed by atoms with van der Waals surface area (Å²) in [6.45, 7) is 4.85. The van der Waals surface area contributed by atoms with Gasteiger partial charge in [0, 0.05) is 30.6 Å². The zero-order chi connectivity index (χ0) is 13.8. The highest BCUT2D eigenvalue weighted by molar-refractivity contribution is 7.09. The zero-order valence-electron chi connectivity index (χ0n) is 11.7. The third-order valence-electron chi connectivity index (χ3n) is 3.43. The molecule has 0 aromatic carbocycles. The minimum Gasteiger partial charge on any atom is -0.369 e. The van der Waals surface area contributed by atoms with Crippen LogP contribution < -0.4 is 5.32 Å². The highest BCUT2D eigenvalue weighted by Crippen LogP contribution is 2.30. The van der Waals surface area contributed by atoms with Crippen molar-refractivity contribution in [2.75, 3.05) is 11.9 Å². The van der Waals surface area contributed by atoms with E-state index in [-0.39, 0.29) is 0 Å². The number of thiophene rings is 1. The SMILES string of the molecule is CCNc1cnc(CN(Cc2cccs2)C2CC2)cn1. The van der Waals surface area contributed by atoms with Gasteiger partial charge < -0.3 is 5.32 Å². The van der Waals surface area contributed by atoms with E-state index in [0.29, 0.717) is 0 Å². The smallest absolute Gasteiger partial charge is 0.144 e. The van der Waals surface area contributed by atoms with Crippen LogP contribution in [-0.2, 0) is 13.1 Å². The fraction of sp³-hybridized carbons (Fsp3) is 0.467. The molecule has 1 fully saturated rings. The van der Waals surface area contributed by atoms with Gasteiger partial charge in [0.1, 0.15) is 5.82 Å². The zero-order valence-corrected chi connectivity index (χ0v) is 12.6. The lowest BCUT2D eigenvalue weighted by Crippen LogP contribution is -2.25. The Bertz CT molecular complexity index is 519. The quantitative estimate of drug-likeness (QED) is 0.850. The second-order valence-electron chi connectivity index (χ2n) is 5.14. The van der Waals surface area contributed by atoms with E-state index in [2.05, 4.69) is 44.6 Å². The predicted octanol–water partition coefficient (Wildman–Crippen LogP) is 3.13. The van der Waals surface area contributed by atoms with Crippen LogP contribution in [0.4, 0.5) is 5.82 Å². The molecule has 3 rings (SSSR count). The van der Waals surface area contributed by atoms with Crippen molar-refractivity contribution in [3.63, 3.8) is 0 Å². The van der Waals surface area contributed by atoms with Crippen molar-refractivity contribution in [1.29, 1.82) is 0 Å². The lowest BCUT2D eigenvalue weighted by molar-refractivity contribution is 0.244. The number of hydrogen-bond donors (Lipinski definition) is 1. The summed E-state index contributed by atoms with van der Waals surface area (Å²) in [4.78, 5) is 12.9. The Hall–Kier alpha value is -1.46. The van der Waals surface area contributed by atoms with Crippen LogP contribution in [0.2, 0.25) is 0 Å². The minimum atomic E-state index is 0.729. The van der Waals surface area contributed by atoms with Crippen LogP contribution in [0.3, 0.4) is 0 Å². The molecule has 4 nitrogen and oxygen atoms in total. The second-order valence-corrected chi connectivity index (χ2v) is 6.17. The molecular formula is C15H20N4S. The normalized spacial score (nSPS) is 14.7. The predicted molar refractivity (Wildman–Crippen MR) is 82.8 cm³/mol. The van der Waals surface area contributed by atoms with E-state index in [9.17, 15) is 0 Å². The number of nitrogens with one attached hydrogen (secondary N) is 1. The Morgan fingerprint density at radius 3 is 2.80 bits per heavy atom. The molecule has 0 atom stereocenters. The first kappa shape index (κ1) is 13.5. The van der Waals surface area contributed by atoms with Crippen molar-refractivity contribution in [2.45, 2.75) is 38.9 Å². The highest BCUT2D eigenvalue weighted by Gasteiger charge is 2.29. The van der Waals surface area contributed by atoms with Gasteiger partial charge in [-0.2, -0.15) is 0 Å². The van der Waals surface area contributed by atoms with Gasteiger partial charge in [-0.05, 0) is 31.2 Å². The van der Waals surface area contributed by atoms with Crippen molar-refractivity contribution >= 4 is 17.2 Å². The summed E-state index contributed by atoms with van der Waals surface area (Å²) in [6, 6.07) is 5.06. The molecule has 0 aliphatic heterocycles. The molecule has 0 bridgehead atoms. The molecule has 1 aliphatic rings. The third kappa shape index (κ3) is 3.55. The molecule has 0 saturated heterocycles. The molecule has 20 heavy (non-hydrogen) atoms. The Labute approximate surface area is 123 Å². The summed E-state index contributed by atoms with van der Waals surface area (Å²) in [6.07, 6.45) is 6.35. The Morgan fingerprint density at radius 1 is 1.30 bits per heavy atom. The van der Waals surface area contributed by atoms with E-state index in [1.54, 1.807) is 0 Å². The Morgan fingerprint density at radius 2 is 2.20 bits per heavy atom. The molecule has 2 aromatic rings. The number of rotatable bonds is 7. The standard InChI is InChI=1S/C15H20N4S/c1-2-16-15-9-17-12(8-18-15)10-19(13-5-6-13)11-14-4-3-7-20-14/h3-4,7-9,13H,2,5-6,10-11H2,1H3,(H,16,18). The van der Waals surface area contributed by atoms with E-state index >= 15 is 0 Å². The topological polar surface area (TPSA) is 41.1 Å². The summed E-state index contributed by atoms with van der Waals surface area (Å²) >= 11 is 1.83. The minimum absolute atomic E-state index is 0.729. The van der Waals surface area contributed by atoms with Crippen LogP contribution in [0.5, 0.6) is 0 Å². The van der Waals surface area contributed by atoms with Crippen molar-refractivity contribution in [1.82, 2.24) is 14.9 Å². The van der Waals surface area contributed by atoms with Gasteiger partial charge in [-0.15, -0.1) is 11.3 Å². The average Bonchev–Trinajstić information content (AvgIpc) is 3.19. The molecule has 0 unspecified atom stereocenters. The first-order valence-corrected chi connectivity index (χ1v) is 8.04. The Kier molecular flexibility index (Phi) is 4.28. The maximum atomic E-state index is 4.51. The molecule has 1 saturated carbocycles. The summed E-state index contributed by atoms with van der Waals surface area (Å²) in [5.74, 6) is 0.854. The second kappa shape index (κ2) is 6.33. The summed E-state index contributed by atoms with van der Waals surface area (Å²) in [7, 11) is 0. The van der Waals surface area contributed by atoms with Crippen LogP contribution in [0.1, 0.15) is 30.3 Å². The van der Waals surface area contributed by atoms with E-state index in [1.807, 2.05) is 23.7 Å². The van der Waals surface area contributed by atoms with Crippen LogP contribution >= 0.6 is 11.3 Å². The van der Waals surface area contributed by atoms with Crippen LogP contribution in [0, 0.1) is 0 Å². The average molecular weight is 288 g/mol. The summed E-state index contributed by atoms with van der Waals surface area (Å²) < 4.78 is 0. The molecule has 0 spiro atoms. The van der Waals surface area contributed by atoms with Gasteiger partial charge in [-0.1, -0.05) is 6.07 Å². The van der Waals surface area contributed by atoms with Crippen LogP contribution in [-0.4, -0.2) is 27.5 Å². The maximum absolute atomic E-state index is 4.51. The van der Waals surface area contributed by atoms with Crippen molar-refractivity contribution in [2.24, 2.45) is 0 Å². The first-order valence-electron chi connectivity index (χ1n) is 7.16. The number of nitrogens with zero attached hydrogens (tertiary/aromatic N) is 3. The van der Waals surface area contributed by atoms with Crippen LogP contribution in [0.15, 0.2) is 29.9 Å². The van der Waals surface area contributed by atoms with E-state index < -0.39 is 0 Å². The van der Waals surface area contributed by atoms with Crippen molar-refractivity contribution < 1.29 is 0 Å². The molecule has 0 radical (unpaired) electrons. The number of hydrogen-bond acceptors (Lipinski definition) is 5. The molecule has 1 N–H and O–H groups in total. The van der Waals surface area contributed by atoms with Crippen molar-refractivity contribution in [3.05, 3.63) is 40.5 Å². The fourth-order valence-corrected chi connectivity index (χ4v) is 3.00. The van der Waals surface area contributed by atoms with Gasteiger partial charge in [0.2, 0.25) is 0 Å². The third-order valence-corrected chi connectivity index (χ3v) is 4.29. The van der Waals surface area contributed by atoms with E-state index in [0.717, 1.165) is 37.2 Å². The fourth-order valence-electron chi connectivity index (χ4n) is 2.27. The monoisotopic (exact) mass is 288 g/mol. The molecule has 106 valence electrons. The van der Waals surface area contributed by atoms with Crippen molar-refractivity contribution in [3.8, 4) is 0 Å². The van der Waals surface area contributed by atoms with Gasteiger partial charge in [-0.3, -0.25) is 9.88 Å². The number of anilines is 1. The number of aromatic nitrogens is 2. The van der Waals surface area contributed by atoms with Gasteiger partial charge in [0.15, 0.2) is 0 Å². The largest absolute Gasteiger partial charge is 0.369 e. The van der Waals surface area contributed by atoms with Gasteiger partial charge in [0.05, 0.1) is 18.1 Å². The lowest BCUT2D eigenvalue weighted by Gasteiger charge is -2.20. The molecule has 5 heteroatoms. The molecule has 0 amide bonds. The summed E-state index contributed by atoms with van der Waals surface area (Å²) in [5.41, 5.74) is 1.05. The summed E-state index contributed by atoms with van der Waals surface area (Å²) in [5, 5.41) is 5.32. The van der Waals surface area contributed by atoms with E-state index in [1.165, 1.54) is 17.7 Å². The maximum Gasteiger partial charge on any atom is 0.144 e. The highest BCUT2D eigenvalue weighted by atomic mass is 32.1. The molecule has 2 heterocycles. The lowest BCUT2D eigenvalue weighted by atomic mass is 10.3. The first-order chi connectivity index (χ1) is 9.85.